The van der Waals surface area contributed by atoms with Gasteiger partial charge in [-0.15, -0.1) is 0 Å². The molecule has 3 heteroatoms. The van der Waals surface area contributed by atoms with E-state index in [1.54, 1.807) is 11.3 Å². The quantitative estimate of drug-likeness (QED) is 0.583. The first-order valence-corrected chi connectivity index (χ1v) is 7.06. The number of rotatable bonds is 3. The number of fused-ring (bicyclic) bond motifs is 3. The first-order chi connectivity index (χ1) is 7.83. The maximum absolute atomic E-state index is 12.0. The highest BCUT2D eigenvalue weighted by molar-refractivity contribution is 7.08. The third kappa shape index (κ3) is 1.94. The molecule has 3 aliphatic heterocycles. The Labute approximate surface area is 100 Å². The Kier molecular flexibility index (Phi) is 2.82. The Morgan fingerprint density at radius 1 is 1.44 bits per heavy atom. The fourth-order valence-corrected chi connectivity index (χ4v) is 3.72. The van der Waals surface area contributed by atoms with Crippen molar-refractivity contribution in [2.75, 3.05) is 13.1 Å². The fourth-order valence-electron chi connectivity index (χ4n) is 3.06. The van der Waals surface area contributed by atoms with Crippen LogP contribution in [0.2, 0.25) is 0 Å². The van der Waals surface area contributed by atoms with Crippen molar-refractivity contribution in [2.45, 2.75) is 31.7 Å². The minimum absolute atomic E-state index is 0.332. The lowest BCUT2D eigenvalue weighted by atomic mass is 9.81. The van der Waals surface area contributed by atoms with Crippen molar-refractivity contribution >= 4 is 17.1 Å². The third-order valence-corrected chi connectivity index (χ3v) is 4.72. The van der Waals surface area contributed by atoms with Crippen LogP contribution in [0.15, 0.2) is 16.8 Å². The maximum Gasteiger partial charge on any atom is 0.169 e. The predicted octanol–water partition coefficient (Wildman–Crippen LogP) is 2.64. The summed E-state index contributed by atoms with van der Waals surface area (Å²) < 4.78 is 0. The van der Waals surface area contributed by atoms with Crippen molar-refractivity contribution in [3.05, 3.63) is 22.4 Å². The van der Waals surface area contributed by atoms with E-state index in [0.29, 0.717) is 11.8 Å². The Balaban J connectivity index is 1.65. The van der Waals surface area contributed by atoms with Gasteiger partial charge in [0.2, 0.25) is 0 Å². The number of nitrogens with zero attached hydrogens (tertiary/aromatic N) is 1. The molecule has 0 aliphatic carbocycles. The molecule has 16 heavy (non-hydrogen) atoms. The Bertz CT molecular complexity index is 365. The second-order valence-electron chi connectivity index (χ2n) is 5.01. The molecule has 2 nitrogen and oxygen atoms in total. The van der Waals surface area contributed by atoms with Crippen molar-refractivity contribution < 1.29 is 4.79 Å². The molecule has 1 radical (unpaired) electrons. The van der Waals surface area contributed by atoms with Crippen LogP contribution in [-0.2, 0) is 0 Å². The summed E-state index contributed by atoms with van der Waals surface area (Å²) in [7, 11) is 0. The van der Waals surface area contributed by atoms with Crippen LogP contribution in [0.4, 0.5) is 0 Å². The molecule has 4 heterocycles. The normalized spacial score (nSPS) is 32.9. The maximum atomic E-state index is 12.0. The number of hydrogen-bond acceptors (Lipinski definition) is 3. The summed E-state index contributed by atoms with van der Waals surface area (Å²) in [6.45, 7) is 2.43. The number of thiophene rings is 1. The molecule has 0 spiro atoms. The van der Waals surface area contributed by atoms with E-state index in [9.17, 15) is 4.79 Å². The van der Waals surface area contributed by atoms with Crippen molar-refractivity contribution in [2.24, 2.45) is 5.92 Å². The van der Waals surface area contributed by atoms with Gasteiger partial charge in [-0.3, -0.25) is 4.79 Å². The van der Waals surface area contributed by atoms with E-state index in [4.69, 9.17) is 0 Å². The molecule has 0 saturated carbocycles. The summed E-state index contributed by atoms with van der Waals surface area (Å²) in [5.74, 6) is 1.23. The Hall–Kier alpha value is -0.670. The van der Waals surface area contributed by atoms with E-state index >= 15 is 0 Å². The molecule has 3 fully saturated rings. The Morgan fingerprint density at radius 3 is 2.81 bits per heavy atom. The van der Waals surface area contributed by atoms with Crippen LogP contribution in [-0.4, -0.2) is 24.9 Å². The topological polar surface area (TPSA) is 23.0 Å². The average molecular weight is 235 g/mol. The van der Waals surface area contributed by atoms with Crippen LogP contribution >= 0.6 is 11.3 Å². The van der Waals surface area contributed by atoms with Gasteiger partial charge in [-0.25, -0.2) is 0 Å². The lowest BCUT2D eigenvalue weighted by molar-refractivity contribution is 0.0853. The monoisotopic (exact) mass is 235 g/mol. The van der Waals surface area contributed by atoms with Crippen molar-refractivity contribution in [1.82, 2.24) is 4.90 Å². The summed E-state index contributed by atoms with van der Waals surface area (Å²) in [6.07, 6.45) is 4.68. The van der Waals surface area contributed by atoms with Crippen LogP contribution in [0.3, 0.4) is 0 Å². The van der Waals surface area contributed by atoms with E-state index in [0.717, 1.165) is 17.9 Å². The molecule has 2 bridgehead atoms. The fraction of sp³-hybridized carbons (Fsp3) is 0.615. The van der Waals surface area contributed by atoms with E-state index in [1.165, 1.54) is 32.4 Å². The van der Waals surface area contributed by atoms with Gasteiger partial charge in [-0.05, 0) is 17.4 Å². The zero-order valence-electron chi connectivity index (χ0n) is 9.39. The van der Waals surface area contributed by atoms with Gasteiger partial charge in [0.05, 0.1) is 6.42 Å². The molecule has 1 atom stereocenters. The van der Waals surface area contributed by atoms with Crippen LogP contribution in [0, 0.1) is 5.92 Å². The molecule has 3 saturated heterocycles. The van der Waals surface area contributed by atoms with Crippen molar-refractivity contribution in [3.8, 4) is 0 Å². The van der Waals surface area contributed by atoms with E-state index in [1.807, 2.05) is 16.8 Å². The van der Waals surface area contributed by atoms with Gasteiger partial charge in [0.1, 0.15) is 19.1 Å². The van der Waals surface area contributed by atoms with E-state index in [-0.39, 0.29) is 0 Å². The molecule has 85 valence electrons. The molecule has 1 aromatic rings. The van der Waals surface area contributed by atoms with Gasteiger partial charge >= 0.3 is 0 Å². The lowest BCUT2D eigenvalue weighted by Gasteiger charge is -2.37. The molecule has 3 aliphatic rings. The highest BCUT2D eigenvalue weighted by Crippen LogP contribution is 2.32. The van der Waals surface area contributed by atoms with Gasteiger partial charge in [0.15, 0.2) is 5.78 Å². The standard InChI is InChI=1S/C13H17NOS/c15-13(11-3-6-16-9-11)8-12-7-10-1-4-14(12)5-2-10/h3,6,9-10,12H,1-2,4-5,7-8H2/q+1. The smallest absolute Gasteiger partial charge is 0.169 e. The van der Waals surface area contributed by atoms with Crippen LogP contribution < -0.4 is 4.90 Å². The van der Waals surface area contributed by atoms with Gasteiger partial charge in [0.25, 0.3) is 0 Å². The van der Waals surface area contributed by atoms with Gasteiger partial charge in [-0.1, -0.05) is 0 Å². The number of carbonyl (C=O) groups is 1. The SMILES string of the molecule is O=C(CC1CC2CC[N+]1CC2)c1ccsc1. The largest absolute Gasteiger partial charge is 0.294 e. The number of hydrogen-bond donors (Lipinski definition) is 0. The summed E-state index contributed by atoms with van der Waals surface area (Å²) in [5, 5.41) is 3.96. The predicted molar refractivity (Wildman–Crippen MR) is 66.3 cm³/mol. The molecule has 4 rings (SSSR count). The second kappa shape index (κ2) is 4.30. The first-order valence-electron chi connectivity index (χ1n) is 6.12. The zero-order chi connectivity index (χ0) is 11.0. The summed E-state index contributed by atoms with van der Waals surface area (Å²) in [4.78, 5) is 14.5. The van der Waals surface area contributed by atoms with Gasteiger partial charge < -0.3 is 0 Å². The zero-order valence-corrected chi connectivity index (χ0v) is 10.2. The van der Waals surface area contributed by atoms with Gasteiger partial charge in [-0.2, -0.15) is 16.2 Å². The van der Waals surface area contributed by atoms with Crippen LogP contribution in [0.25, 0.3) is 0 Å². The third-order valence-electron chi connectivity index (χ3n) is 4.04. The van der Waals surface area contributed by atoms with Gasteiger partial charge in [0, 0.05) is 30.2 Å². The number of ketones is 1. The second-order valence-corrected chi connectivity index (χ2v) is 5.79. The number of carbonyl (C=O) groups excluding carboxylic acids is 1. The van der Waals surface area contributed by atoms with Crippen molar-refractivity contribution in [3.63, 3.8) is 0 Å². The molecule has 1 unspecified atom stereocenters. The first kappa shape index (κ1) is 10.5. The van der Waals surface area contributed by atoms with Crippen LogP contribution in [0.5, 0.6) is 0 Å². The highest BCUT2D eigenvalue weighted by atomic mass is 32.1. The summed E-state index contributed by atoms with van der Waals surface area (Å²) in [5.41, 5.74) is 0.910. The molecular formula is C13H17NOS+. The molecule has 1 aromatic heterocycles. The summed E-state index contributed by atoms with van der Waals surface area (Å²) >= 11 is 1.61. The number of Topliss-reactive ketones (excluding diaryl/α,β-unsaturated/α-hetero) is 1. The lowest BCUT2D eigenvalue weighted by Crippen LogP contribution is -2.53. The highest BCUT2D eigenvalue weighted by Gasteiger charge is 2.42. The number of piperidine rings is 3. The van der Waals surface area contributed by atoms with Crippen molar-refractivity contribution in [1.29, 1.82) is 0 Å². The Morgan fingerprint density at radius 2 is 2.25 bits per heavy atom. The molecule has 0 N–H and O–H groups in total. The molecule has 0 amide bonds. The minimum Gasteiger partial charge on any atom is -0.294 e. The van der Waals surface area contributed by atoms with E-state index in [2.05, 4.69) is 4.90 Å². The van der Waals surface area contributed by atoms with E-state index < -0.39 is 0 Å². The molecule has 0 aromatic carbocycles. The molecular weight excluding hydrogens is 218 g/mol. The summed E-state index contributed by atoms with van der Waals surface area (Å²) in [6, 6.07) is 2.48. The minimum atomic E-state index is 0.332. The van der Waals surface area contributed by atoms with Crippen LogP contribution in [0.1, 0.15) is 36.0 Å². The average Bonchev–Trinajstić information content (AvgIpc) is 2.84.